The number of hydrogen-bond acceptors (Lipinski definition) is 3. The molecular formula is C9H10N4. The molecule has 4 nitrogen and oxygen atoms in total. The van der Waals surface area contributed by atoms with E-state index in [2.05, 4.69) is 10.1 Å². The fourth-order valence-electron chi connectivity index (χ4n) is 1.59. The van der Waals surface area contributed by atoms with Crippen LogP contribution in [-0.4, -0.2) is 14.6 Å². The molecule has 3 rings (SSSR count). The number of anilines is 1. The molecule has 0 amide bonds. The Hall–Kier alpha value is -1.58. The number of hydrogen-bond donors (Lipinski definition) is 1. The van der Waals surface area contributed by atoms with Gasteiger partial charge in [-0.25, -0.2) is 9.50 Å². The van der Waals surface area contributed by atoms with Gasteiger partial charge in [0.25, 0.3) is 0 Å². The molecule has 1 saturated carbocycles. The molecule has 1 aliphatic rings. The second-order valence-electron chi connectivity index (χ2n) is 3.53. The lowest BCUT2D eigenvalue weighted by Crippen LogP contribution is -1.94. The summed E-state index contributed by atoms with van der Waals surface area (Å²) in [6, 6.07) is 0. The van der Waals surface area contributed by atoms with E-state index in [-0.39, 0.29) is 0 Å². The Bertz CT molecular complexity index is 456. The first-order valence-corrected chi connectivity index (χ1v) is 4.43. The Kier molecular flexibility index (Phi) is 1.17. The summed E-state index contributed by atoms with van der Waals surface area (Å²) >= 11 is 0. The third-order valence-electron chi connectivity index (χ3n) is 2.42. The van der Waals surface area contributed by atoms with Crippen LogP contribution in [-0.2, 0) is 0 Å². The number of nitrogen functional groups attached to an aromatic ring is 1. The highest BCUT2D eigenvalue weighted by molar-refractivity contribution is 5.52. The van der Waals surface area contributed by atoms with Gasteiger partial charge in [-0.15, -0.1) is 0 Å². The number of nitrogens with zero attached hydrogens (tertiary/aromatic N) is 3. The van der Waals surface area contributed by atoms with Gasteiger partial charge in [0.1, 0.15) is 0 Å². The molecule has 0 atom stereocenters. The fraction of sp³-hybridized carbons (Fsp3) is 0.333. The van der Waals surface area contributed by atoms with Crippen molar-refractivity contribution >= 4 is 11.3 Å². The molecule has 2 N–H and O–H groups in total. The quantitative estimate of drug-likeness (QED) is 0.706. The van der Waals surface area contributed by atoms with Gasteiger partial charge >= 0.3 is 0 Å². The van der Waals surface area contributed by atoms with Gasteiger partial charge in [-0.2, -0.15) is 5.10 Å². The molecule has 0 radical (unpaired) electrons. The predicted molar refractivity (Wildman–Crippen MR) is 49.4 cm³/mol. The van der Waals surface area contributed by atoms with E-state index in [0.717, 1.165) is 5.65 Å². The summed E-state index contributed by atoms with van der Waals surface area (Å²) < 4.78 is 1.75. The lowest BCUT2D eigenvalue weighted by molar-refractivity contribution is 0.942. The van der Waals surface area contributed by atoms with Crippen LogP contribution in [0.15, 0.2) is 18.6 Å². The third-order valence-corrected chi connectivity index (χ3v) is 2.42. The minimum atomic E-state index is 0.651. The van der Waals surface area contributed by atoms with Crippen LogP contribution < -0.4 is 5.73 Å². The number of aromatic nitrogens is 3. The molecular weight excluding hydrogens is 164 g/mol. The SMILES string of the molecule is Nc1cnc2c(C3CC3)cnn2c1. The van der Waals surface area contributed by atoms with Crippen molar-refractivity contribution in [3.05, 3.63) is 24.2 Å². The minimum absolute atomic E-state index is 0.651. The van der Waals surface area contributed by atoms with E-state index in [9.17, 15) is 0 Å². The van der Waals surface area contributed by atoms with Crippen molar-refractivity contribution in [2.24, 2.45) is 0 Å². The van der Waals surface area contributed by atoms with Crippen molar-refractivity contribution in [2.45, 2.75) is 18.8 Å². The van der Waals surface area contributed by atoms with Crippen LogP contribution in [0.3, 0.4) is 0 Å². The average Bonchev–Trinajstić information content (AvgIpc) is 2.87. The van der Waals surface area contributed by atoms with Gasteiger partial charge in [-0.3, -0.25) is 0 Å². The standard InChI is InChI=1S/C9H10N4/c10-7-3-11-9-8(6-1-2-6)4-12-13(9)5-7/h3-6H,1-2,10H2. The van der Waals surface area contributed by atoms with E-state index < -0.39 is 0 Å². The van der Waals surface area contributed by atoms with Crippen LogP contribution in [0.5, 0.6) is 0 Å². The van der Waals surface area contributed by atoms with Gasteiger partial charge in [-0.05, 0) is 18.8 Å². The highest BCUT2D eigenvalue weighted by atomic mass is 15.2. The summed E-state index contributed by atoms with van der Waals surface area (Å²) in [6.45, 7) is 0. The molecule has 4 heteroatoms. The molecule has 0 unspecified atom stereocenters. The first-order valence-electron chi connectivity index (χ1n) is 4.43. The Morgan fingerprint density at radius 3 is 3.00 bits per heavy atom. The summed E-state index contributed by atoms with van der Waals surface area (Å²) in [7, 11) is 0. The molecule has 1 aliphatic carbocycles. The zero-order valence-corrected chi connectivity index (χ0v) is 7.14. The Morgan fingerprint density at radius 2 is 2.23 bits per heavy atom. The van der Waals surface area contributed by atoms with Crippen molar-refractivity contribution < 1.29 is 0 Å². The zero-order valence-electron chi connectivity index (χ0n) is 7.14. The van der Waals surface area contributed by atoms with Crippen LogP contribution in [0.1, 0.15) is 24.3 Å². The van der Waals surface area contributed by atoms with Gasteiger partial charge in [-0.1, -0.05) is 0 Å². The van der Waals surface area contributed by atoms with E-state index >= 15 is 0 Å². The molecule has 1 fully saturated rings. The molecule has 0 spiro atoms. The molecule has 2 heterocycles. The van der Waals surface area contributed by atoms with Crippen molar-refractivity contribution in [1.82, 2.24) is 14.6 Å². The maximum Gasteiger partial charge on any atom is 0.158 e. The average molecular weight is 174 g/mol. The lowest BCUT2D eigenvalue weighted by atomic mass is 10.2. The second-order valence-corrected chi connectivity index (χ2v) is 3.53. The van der Waals surface area contributed by atoms with E-state index in [1.165, 1.54) is 18.4 Å². The first-order chi connectivity index (χ1) is 6.34. The summed E-state index contributed by atoms with van der Waals surface area (Å²) in [5.41, 5.74) is 8.47. The van der Waals surface area contributed by atoms with Crippen molar-refractivity contribution in [3.8, 4) is 0 Å². The number of rotatable bonds is 1. The Labute approximate surface area is 75.4 Å². The van der Waals surface area contributed by atoms with Crippen LogP contribution in [0, 0.1) is 0 Å². The zero-order chi connectivity index (χ0) is 8.84. The molecule has 0 aromatic carbocycles. The van der Waals surface area contributed by atoms with Crippen LogP contribution in [0.4, 0.5) is 5.69 Å². The lowest BCUT2D eigenvalue weighted by Gasteiger charge is -1.95. The van der Waals surface area contributed by atoms with Crippen molar-refractivity contribution in [1.29, 1.82) is 0 Å². The molecule has 13 heavy (non-hydrogen) atoms. The first kappa shape index (κ1) is 6.88. The third kappa shape index (κ3) is 0.983. The van der Waals surface area contributed by atoms with E-state index in [1.807, 2.05) is 6.20 Å². The Morgan fingerprint density at radius 1 is 1.38 bits per heavy atom. The van der Waals surface area contributed by atoms with E-state index in [1.54, 1.807) is 16.9 Å². The highest BCUT2D eigenvalue weighted by Crippen LogP contribution is 2.41. The smallest absolute Gasteiger partial charge is 0.158 e. The van der Waals surface area contributed by atoms with Crippen LogP contribution in [0.2, 0.25) is 0 Å². The molecule has 0 aliphatic heterocycles. The Balaban J connectivity index is 2.26. The normalized spacial score (nSPS) is 16.6. The molecule has 2 aromatic rings. The molecule has 66 valence electrons. The second kappa shape index (κ2) is 2.22. The largest absolute Gasteiger partial charge is 0.396 e. The topological polar surface area (TPSA) is 56.2 Å². The predicted octanol–water partition coefficient (Wildman–Crippen LogP) is 1.19. The molecule has 0 bridgehead atoms. The summed E-state index contributed by atoms with van der Waals surface area (Å²) in [4.78, 5) is 4.28. The van der Waals surface area contributed by atoms with Gasteiger partial charge < -0.3 is 5.73 Å². The van der Waals surface area contributed by atoms with Crippen molar-refractivity contribution in [2.75, 3.05) is 5.73 Å². The molecule has 2 aromatic heterocycles. The maximum absolute atomic E-state index is 5.60. The minimum Gasteiger partial charge on any atom is -0.396 e. The summed E-state index contributed by atoms with van der Waals surface area (Å²) in [5.74, 6) is 0.689. The van der Waals surface area contributed by atoms with Crippen LogP contribution in [0.25, 0.3) is 5.65 Å². The van der Waals surface area contributed by atoms with E-state index in [0.29, 0.717) is 11.6 Å². The summed E-state index contributed by atoms with van der Waals surface area (Å²) in [5, 5.41) is 4.21. The van der Waals surface area contributed by atoms with Crippen LogP contribution >= 0.6 is 0 Å². The van der Waals surface area contributed by atoms with E-state index in [4.69, 9.17) is 5.73 Å². The highest BCUT2D eigenvalue weighted by Gasteiger charge is 2.27. The van der Waals surface area contributed by atoms with Gasteiger partial charge in [0, 0.05) is 5.56 Å². The van der Waals surface area contributed by atoms with Gasteiger partial charge in [0.15, 0.2) is 5.65 Å². The monoisotopic (exact) mass is 174 g/mol. The fourth-order valence-corrected chi connectivity index (χ4v) is 1.59. The van der Waals surface area contributed by atoms with Gasteiger partial charge in [0.2, 0.25) is 0 Å². The van der Waals surface area contributed by atoms with Crippen molar-refractivity contribution in [3.63, 3.8) is 0 Å². The van der Waals surface area contributed by atoms with Gasteiger partial charge in [0.05, 0.1) is 24.3 Å². The summed E-state index contributed by atoms with van der Waals surface area (Å²) in [6.07, 6.45) is 7.93. The number of nitrogens with two attached hydrogens (primary N) is 1. The number of fused-ring (bicyclic) bond motifs is 1. The maximum atomic E-state index is 5.60. The molecule has 0 saturated heterocycles.